The lowest BCUT2D eigenvalue weighted by Gasteiger charge is -2.20. The van der Waals surface area contributed by atoms with Crippen LogP contribution in [0.15, 0.2) is 22.9 Å². The van der Waals surface area contributed by atoms with E-state index in [4.69, 9.17) is 0 Å². The lowest BCUT2D eigenvalue weighted by Crippen LogP contribution is -2.27. The van der Waals surface area contributed by atoms with Crippen molar-refractivity contribution in [1.82, 2.24) is 14.8 Å². The Morgan fingerprint density at radius 1 is 1.53 bits per heavy atom. The first kappa shape index (κ1) is 13.0. The molecule has 4 heteroatoms. The molecule has 1 atom stereocenters. The Balaban J connectivity index is 1.83. The summed E-state index contributed by atoms with van der Waals surface area (Å²) >= 11 is 3.46. The molecule has 17 heavy (non-hydrogen) atoms. The highest BCUT2D eigenvalue weighted by molar-refractivity contribution is 9.10. The van der Waals surface area contributed by atoms with Gasteiger partial charge < -0.3 is 9.80 Å². The fraction of sp³-hybridized carbons (Fsp3) is 0.615. The van der Waals surface area contributed by atoms with Crippen LogP contribution in [-0.2, 0) is 6.54 Å². The maximum Gasteiger partial charge on any atom is 0.0410 e. The zero-order valence-corrected chi connectivity index (χ0v) is 12.2. The minimum Gasteiger partial charge on any atom is -0.306 e. The zero-order chi connectivity index (χ0) is 12.3. The van der Waals surface area contributed by atoms with Crippen molar-refractivity contribution < 1.29 is 0 Å². The van der Waals surface area contributed by atoms with Crippen molar-refractivity contribution in [3.05, 3.63) is 28.5 Å². The summed E-state index contributed by atoms with van der Waals surface area (Å²) in [7, 11) is 4.40. The van der Waals surface area contributed by atoms with Gasteiger partial charge in [0.2, 0.25) is 0 Å². The van der Waals surface area contributed by atoms with Gasteiger partial charge in [0.15, 0.2) is 0 Å². The Morgan fingerprint density at radius 3 is 3.00 bits per heavy atom. The minimum atomic E-state index is 0.824. The molecular weight excluding hydrogens is 278 g/mol. The molecule has 0 saturated carbocycles. The van der Waals surface area contributed by atoms with Crippen molar-refractivity contribution in [2.24, 2.45) is 5.92 Å². The fourth-order valence-corrected chi connectivity index (χ4v) is 2.95. The lowest BCUT2D eigenvalue weighted by atomic mass is 10.1. The normalized spacial score (nSPS) is 21.3. The van der Waals surface area contributed by atoms with Crippen LogP contribution in [0.4, 0.5) is 0 Å². The number of hydrogen-bond acceptors (Lipinski definition) is 3. The predicted molar refractivity (Wildman–Crippen MR) is 73.9 cm³/mol. The van der Waals surface area contributed by atoms with Crippen LogP contribution in [-0.4, -0.2) is 48.5 Å². The molecule has 1 aromatic heterocycles. The van der Waals surface area contributed by atoms with Crippen LogP contribution >= 0.6 is 15.9 Å². The second-order valence-electron chi connectivity index (χ2n) is 5.13. The first-order valence-electron chi connectivity index (χ1n) is 6.10. The van der Waals surface area contributed by atoms with Gasteiger partial charge in [-0.05, 0) is 60.5 Å². The number of aromatic nitrogens is 1. The average molecular weight is 298 g/mol. The molecule has 1 aromatic rings. The van der Waals surface area contributed by atoms with E-state index < -0.39 is 0 Å². The van der Waals surface area contributed by atoms with E-state index >= 15 is 0 Å². The molecular formula is C13H20BrN3. The van der Waals surface area contributed by atoms with Crippen molar-refractivity contribution in [3.8, 4) is 0 Å². The number of pyridine rings is 1. The molecule has 1 aliphatic rings. The molecule has 1 unspecified atom stereocenters. The molecule has 94 valence electrons. The Hall–Kier alpha value is -0.450. The number of likely N-dealkylation sites (tertiary alicyclic amines) is 1. The van der Waals surface area contributed by atoms with Crippen molar-refractivity contribution in [2.75, 3.05) is 33.7 Å². The highest BCUT2D eigenvalue weighted by Crippen LogP contribution is 2.17. The van der Waals surface area contributed by atoms with Gasteiger partial charge in [0, 0.05) is 36.5 Å². The highest BCUT2D eigenvalue weighted by Gasteiger charge is 2.20. The van der Waals surface area contributed by atoms with Crippen LogP contribution < -0.4 is 0 Å². The van der Waals surface area contributed by atoms with Gasteiger partial charge in [-0.3, -0.25) is 4.98 Å². The standard InChI is InChI=1S/C13H20BrN3/c1-16-4-3-11(8-16)9-17(2)10-12-5-13(14)7-15-6-12/h5-7,11H,3-4,8-10H2,1-2H3. The van der Waals surface area contributed by atoms with Crippen LogP contribution in [0.3, 0.4) is 0 Å². The maximum atomic E-state index is 4.20. The van der Waals surface area contributed by atoms with E-state index in [0.717, 1.165) is 16.9 Å². The van der Waals surface area contributed by atoms with Crippen molar-refractivity contribution >= 4 is 15.9 Å². The van der Waals surface area contributed by atoms with Gasteiger partial charge in [-0.1, -0.05) is 0 Å². The maximum absolute atomic E-state index is 4.20. The molecule has 0 aromatic carbocycles. The van der Waals surface area contributed by atoms with E-state index in [9.17, 15) is 0 Å². The quantitative estimate of drug-likeness (QED) is 0.850. The van der Waals surface area contributed by atoms with Gasteiger partial charge >= 0.3 is 0 Å². The molecule has 0 aliphatic carbocycles. The highest BCUT2D eigenvalue weighted by atomic mass is 79.9. The summed E-state index contributed by atoms with van der Waals surface area (Å²) in [5.41, 5.74) is 1.27. The first-order chi connectivity index (χ1) is 8.13. The van der Waals surface area contributed by atoms with E-state index in [1.54, 1.807) is 0 Å². The molecule has 2 rings (SSSR count). The first-order valence-corrected chi connectivity index (χ1v) is 6.89. The van der Waals surface area contributed by atoms with Gasteiger partial charge in [-0.2, -0.15) is 0 Å². The van der Waals surface area contributed by atoms with Crippen LogP contribution in [0.2, 0.25) is 0 Å². The van der Waals surface area contributed by atoms with Crippen molar-refractivity contribution in [1.29, 1.82) is 0 Å². The third-order valence-corrected chi connectivity index (χ3v) is 3.71. The molecule has 0 amide bonds. The summed E-state index contributed by atoms with van der Waals surface area (Å²) in [4.78, 5) is 9.01. The molecule has 3 nitrogen and oxygen atoms in total. The number of nitrogens with zero attached hydrogens (tertiary/aromatic N) is 3. The van der Waals surface area contributed by atoms with Crippen molar-refractivity contribution in [2.45, 2.75) is 13.0 Å². The largest absolute Gasteiger partial charge is 0.306 e. The summed E-state index contributed by atoms with van der Waals surface area (Å²) in [6.45, 7) is 4.64. The third-order valence-electron chi connectivity index (χ3n) is 3.27. The minimum absolute atomic E-state index is 0.824. The molecule has 0 radical (unpaired) electrons. The summed E-state index contributed by atoms with van der Waals surface area (Å²) in [6, 6.07) is 2.14. The van der Waals surface area contributed by atoms with Crippen LogP contribution in [0, 0.1) is 5.92 Å². The van der Waals surface area contributed by atoms with Gasteiger partial charge in [0.1, 0.15) is 0 Å². The molecule has 1 saturated heterocycles. The molecule has 1 fully saturated rings. The summed E-state index contributed by atoms with van der Waals surface area (Å²) in [5, 5.41) is 0. The van der Waals surface area contributed by atoms with Crippen LogP contribution in [0.1, 0.15) is 12.0 Å². The van der Waals surface area contributed by atoms with E-state index in [1.807, 2.05) is 12.4 Å². The van der Waals surface area contributed by atoms with E-state index in [1.165, 1.54) is 31.6 Å². The Labute approximate surface area is 112 Å². The second kappa shape index (κ2) is 5.94. The summed E-state index contributed by atoms with van der Waals surface area (Å²) in [5.74, 6) is 0.824. The van der Waals surface area contributed by atoms with Crippen LogP contribution in [0.5, 0.6) is 0 Å². The lowest BCUT2D eigenvalue weighted by molar-refractivity contribution is 0.267. The monoisotopic (exact) mass is 297 g/mol. The van der Waals surface area contributed by atoms with Gasteiger partial charge in [0.05, 0.1) is 0 Å². The molecule has 2 heterocycles. The summed E-state index contributed by atoms with van der Waals surface area (Å²) < 4.78 is 1.06. The molecule has 0 N–H and O–H groups in total. The molecule has 0 spiro atoms. The summed E-state index contributed by atoms with van der Waals surface area (Å²) in [6.07, 6.45) is 5.11. The fourth-order valence-electron chi connectivity index (χ4n) is 2.53. The number of halogens is 1. The van der Waals surface area contributed by atoms with E-state index in [2.05, 4.69) is 50.9 Å². The zero-order valence-electron chi connectivity index (χ0n) is 10.6. The average Bonchev–Trinajstić information content (AvgIpc) is 2.63. The van der Waals surface area contributed by atoms with E-state index in [-0.39, 0.29) is 0 Å². The smallest absolute Gasteiger partial charge is 0.0410 e. The van der Waals surface area contributed by atoms with E-state index in [0.29, 0.717) is 0 Å². The number of hydrogen-bond donors (Lipinski definition) is 0. The van der Waals surface area contributed by atoms with Crippen molar-refractivity contribution in [3.63, 3.8) is 0 Å². The van der Waals surface area contributed by atoms with Gasteiger partial charge in [-0.15, -0.1) is 0 Å². The number of rotatable bonds is 4. The van der Waals surface area contributed by atoms with Crippen LogP contribution in [0.25, 0.3) is 0 Å². The van der Waals surface area contributed by atoms with Gasteiger partial charge in [-0.25, -0.2) is 0 Å². The molecule has 1 aliphatic heterocycles. The molecule has 0 bridgehead atoms. The topological polar surface area (TPSA) is 19.4 Å². The third kappa shape index (κ3) is 4.05. The van der Waals surface area contributed by atoms with Gasteiger partial charge in [0.25, 0.3) is 0 Å². The Bertz CT molecular complexity index is 369. The SMILES string of the molecule is CN1CCC(CN(C)Cc2cncc(Br)c2)C1. The Kier molecular flexibility index (Phi) is 4.54. The Morgan fingerprint density at radius 2 is 2.35 bits per heavy atom. The second-order valence-corrected chi connectivity index (χ2v) is 6.04. The predicted octanol–water partition coefficient (Wildman–Crippen LogP) is 2.23.